The summed E-state index contributed by atoms with van der Waals surface area (Å²) in [6.07, 6.45) is 4.65. The second-order valence-corrected chi connectivity index (χ2v) is 17.6. The van der Waals surface area contributed by atoms with Crippen LogP contribution in [0.3, 0.4) is 0 Å². The normalized spacial score (nSPS) is 22.0. The van der Waals surface area contributed by atoms with Crippen LogP contribution in [-0.4, -0.2) is 165 Å². The lowest BCUT2D eigenvalue weighted by atomic mass is 9.91. The van der Waals surface area contributed by atoms with Crippen molar-refractivity contribution in [2.75, 3.05) is 83.9 Å². The van der Waals surface area contributed by atoms with Gasteiger partial charge in [-0.25, -0.2) is 23.8 Å². The number of fused-ring (bicyclic) bond motifs is 1. The molecular weight excluding hydrogens is 845 g/mol. The van der Waals surface area contributed by atoms with Crippen molar-refractivity contribution in [2.24, 2.45) is 15.9 Å². The van der Waals surface area contributed by atoms with E-state index in [-0.39, 0.29) is 42.1 Å². The summed E-state index contributed by atoms with van der Waals surface area (Å²) in [7, 11) is 4.44. The fraction of sp³-hybridized carbons (Fsp3) is 0.578. The molecule has 0 radical (unpaired) electrons. The molecule has 7 rings (SSSR count). The molecule has 5 amide bonds. The molecule has 0 spiro atoms. The zero-order valence-corrected chi connectivity index (χ0v) is 37.8. The van der Waals surface area contributed by atoms with Gasteiger partial charge in [0.15, 0.2) is 0 Å². The summed E-state index contributed by atoms with van der Waals surface area (Å²) in [5.74, 6) is -3.25. The van der Waals surface area contributed by atoms with Crippen LogP contribution < -0.4 is 31.0 Å². The van der Waals surface area contributed by atoms with Crippen LogP contribution in [-0.2, 0) is 25.7 Å². The van der Waals surface area contributed by atoms with Crippen LogP contribution in [0.1, 0.15) is 78.7 Å². The highest BCUT2D eigenvalue weighted by molar-refractivity contribution is 6.06. The average molecular weight is 906 g/mol. The molecule has 18 nitrogen and oxygen atoms in total. The Kier molecular flexibility index (Phi) is 15.1. The summed E-state index contributed by atoms with van der Waals surface area (Å²) in [5, 5.41) is 10.4. The number of nitrogens with one attached hydrogen (secondary N) is 4. The number of benzene rings is 2. The van der Waals surface area contributed by atoms with Gasteiger partial charge in [0.05, 0.1) is 25.4 Å². The van der Waals surface area contributed by atoms with Gasteiger partial charge in [0.1, 0.15) is 24.6 Å². The number of alkyl halides is 2. The Bertz CT molecular complexity index is 2160. The minimum Gasteiger partial charge on any atom is -0.495 e. The quantitative estimate of drug-likeness (QED) is 0.181. The number of amides is 5. The van der Waals surface area contributed by atoms with Crippen molar-refractivity contribution in [3.05, 3.63) is 53.1 Å². The number of aliphatic imine (C=N–C) groups is 2. The zero-order chi connectivity index (χ0) is 46.4. The first-order chi connectivity index (χ1) is 31.2. The summed E-state index contributed by atoms with van der Waals surface area (Å²) < 4.78 is 39.8. The number of imide groups is 1. The molecule has 0 aliphatic carbocycles. The van der Waals surface area contributed by atoms with E-state index in [1.54, 1.807) is 41.3 Å². The predicted octanol–water partition coefficient (Wildman–Crippen LogP) is 2.70. The number of anilines is 2. The van der Waals surface area contributed by atoms with Gasteiger partial charge in [0, 0.05) is 94.8 Å². The van der Waals surface area contributed by atoms with E-state index in [1.165, 1.54) is 14.2 Å². The van der Waals surface area contributed by atoms with Gasteiger partial charge in [-0.3, -0.25) is 39.6 Å². The van der Waals surface area contributed by atoms with Crippen LogP contribution >= 0.6 is 0 Å². The molecule has 5 heterocycles. The molecule has 0 aromatic heterocycles. The monoisotopic (exact) mass is 905 g/mol. The third kappa shape index (κ3) is 11.3. The second kappa shape index (κ2) is 20.7. The largest absolute Gasteiger partial charge is 0.495 e. The number of hydrogen-bond donors (Lipinski definition) is 4. The highest BCUT2D eigenvalue weighted by Gasteiger charge is 2.41. The van der Waals surface area contributed by atoms with E-state index in [2.05, 4.69) is 31.3 Å². The number of guanidine groups is 1. The molecule has 2 aromatic rings. The van der Waals surface area contributed by atoms with Crippen molar-refractivity contribution in [3.8, 4) is 5.75 Å². The highest BCUT2D eigenvalue weighted by atomic mass is 19.3. The minimum absolute atomic E-state index is 0.107. The molecule has 0 saturated carbocycles. The molecule has 5 aliphatic rings. The lowest BCUT2D eigenvalue weighted by Crippen LogP contribution is -2.56. The third-order valence-electron chi connectivity index (χ3n) is 12.9. The standard InChI is InChI=1S/C45H61F2N11O7/c1-28(2)58(26-45(46,47)27-64-4)40-35(48-3)24-49-44(52-40)50-34-10-7-30(23-37(34)65-5)41(61)53-56-20-18-55(19-21-56)39(60)13-6-29-14-16-54(17-15-29)32-8-9-33-31(22-32)25-57(43(33)63)36-11-12-38(59)51-42(36)62/h7-10,22-24,28-29,35-36,40,48H,6,11-21,25-27H2,1-5H3,(H,50,52)(H,53,61)(H,51,59,62). The number of likely N-dealkylation sites (N-methyl/N-ethyl adjacent to an activating group) is 1. The number of ether oxygens (including phenoxy) is 2. The van der Waals surface area contributed by atoms with E-state index in [0.29, 0.717) is 74.0 Å². The Labute approximate surface area is 378 Å². The van der Waals surface area contributed by atoms with Crippen molar-refractivity contribution >= 4 is 53.1 Å². The number of hydrogen-bond acceptors (Lipinski definition) is 14. The average Bonchev–Trinajstić information content (AvgIpc) is 3.62. The van der Waals surface area contributed by atoms with Crippen molar-refractivity contribution in [2.45, 2.75) is 89.1 Å². The fourth-order valence-electron chi connectivity index (χ4n) is 9.20. The van der Waals surface area contributed by atoms with Gasteiger partial charge in [-0.2, -0.15) is 0 Å². The summed E-state index contributed by atoms with van der Waals surface area (Å²) in [6.45, 7) is 6.34. The third-order valence-corrected chi connectivity index (χ3v) is 12.9. The van der Waals surface area contributed by atoms with Crippen LogP contribution in [0.25, 0.3) is 0 Å². The van der Waals surface area contributed by atoms with Crippen LogP contribution in [0.15, 0.2) is 46.4 Å². The number of carbonyl (C=O) groups is 5. The van der Waals surface area contributed by atoms with E-state index >= 15 is 0 Å². The van der Waals surface area contributed by atoms with Gasteiger partial charge in [0.25, 0.3) is 17.7 Å². The molecule has 20 heteroatoms. The van der Waals surface area contributed by atoms with Gasteiger partial charge >= 0.3 is 0 Å². The van der Waals surface area contributed by atoms with Crippen molar-refractivity contribution < 1.29 is 42.2 Å². The molecule has 65 heavy (non-hydrogen) atoms. The number of hydrazine groups is 1. The van der Waals surface area contributed by atoms with Crippen molar-refractivity contribution in [1.29, 1.82) is 0 Å². The molecule has 3 fully saturated rings. The van der Waals surface area contributed by atoms with E-state index in [1.807, 2.05) is 42.0 Å². The Morgan fingerprint density at radius 2 is 1.75 bits per heavy atom. The molecule has 0 bridgehead atoms. The molecule has 3 unspecified atom stereocenters. The summed E-state index contributed by atoms with van der Waals surface area (Å²) in [6, 6.07) is 9.43. The number of piperazine rings is 1. The molecule has 3 atom stereocenters. The number of methoxy groups -OCH3 is 2. The van der Waals surface area contributed by atoms with Crippen molar-refractivity contribution in [1.82, 2.24) is 35.8 Å². The maximum atomic E-state index is 14.7. The lowest BCUT2D eigenvalue weighted by Gasteiger charge is -2.38. The van der Waals surface area contributed by atoms with E-state index < -0.39 is 43.2 Å². The van der Waals surface area contributed by atoms with Crippen molar-refractivity contribution in [3.63, 3.8) is 0 Å². The van der Waals surface area contributed by atoms with Crippen LogP contribution in [0.2, 0.25) is 0 Å². The molecule has 352 valence electrons. The van der Waals surface area contributed by atoms with Gasteiger partial charge in [-0.15, -0.1) is 0 Å². The van der Waals surface area contributed by atoms with E-state index in [0.717, 1.165) is 43.6 Å². The summed E-state index contributed by atoms with van der Waals surface area (Å²) in [4.78, 5) is 80.3. The first-order valence-corrected chi connectivity index (χ1v) is 22.4. The van der Waals surface area contributed by atoms with Gasteiger partial charge in [-0.05, 0) is 94.5 Å². The van der Waals surface area contributed by atoms with E-state index in [9.17, 15) is 32.8 Å². The smallest absolute Gasteiger partial charge is 0.283 e. The lowest BCUT2D eigenvalue weighted by molar-refractivity contribution is -0.137. The van der Waals surface area contributed by atoms with Gasteiger partial charge in [-0.1, -0.05) is 0 Å². The summed E-state index contributed by atoms with van der Waals surface area (Å²) >= 11 is 0. The fourth-order valence-corrected chi connectivity index (χ4v) is 9.20. The summed E-state index contributed by atoms with van der Waals surface area (Å²) in [5.41, 5.74) is 6.31. The van der Waals surface area contributed by atoms with Gasteiger partial charge in [0.2, 0.25) is 23.7 Å². The zero-order valence-electron chi connectivity index (χ0n) is 37.8. The first kappa shape index (κ1) is 47.4. The SMILES string of the molecule is CNC1C=NC(Nc2ccc(C(=O)NN3CCN(C(=O)CCC4CCN(c5ccc6c(c5)CN(C5CCC(=O)NC5=O)C6=O)CC4)CC3)cc2OC)=NC1N(CC(F)(F)COC)C(C)C. The molecule has 3 saturated heterocycles. The Morgan fingerprint density at radius 1 is 1.00 bits per heavy atom. The van der Waals surface area contributed by atoms with Crippen LogP contribution in [0.5, 0.6) is 5.75 Å². The van der Waals surface area contributed by atoms with E-state index in [4.69, 9.17) is 14.5 Å². The number of rotatable bonds is 16. The van der Waals surface area contributed by atoms with Gasteiger partial charge < -0.3 is 34.8 Å². The molecule has 5 aliphatic heterocycles. The van der Waals surface area contributed by atoms with Crippen LogP contribution in [0.4, 0.5) is 20.2 Å². The maximum Gasteiger partial charge on any atom is 0.283 e. The number of halogens is 2. The topological polar surface area (TPSA) is 193 Å². The number of carbonyl (C=O) groups excluding carboxylic acids is 5. The predicted molar refractivity (Wildman–Crippen MR) is 240 cm³/mol. The molecular formula is C45H61F2N11O7. The molecule has 4 N–H and O–H groups in total. The number of nitrogens with zero attached hydrogens (tertiary/aromatic N) is 7. The first-order valence-electron chi connectivity index (χ1n) is 22.4. The Morgan fingerprint density at radius 3 is 2.43 bits per heavy atom. The maximum absolute atomic E-state index is 14.7. The second-order valence-electron chi connectivity index (χ2n) is 17.6. The highest BCUT2D eigenvalue weighted by Crippen LogP contribution is 2.33. The van der Waals surface area contributed by atoms with Crippen LogP contribution in [0, 0.1) is 5.92 Å². The minimum atomic E-state index is -3.09. The number of piperidine rings is 2. The Hall–Kier alpha value is -5.57. The molecule has 2 aromatic carbocycles. The Balaban J connectivity index is 0.846.